The Labute approximate surface area is 97.8 Å². The molecule has 0 aliphatic heterocycles. The molecule has 7 nitrogen and oxygen atoms in total. The third kappa shape index (κ3) is 2.37. The summed E-state index contributed by atoms with van der Waals surface area (Å²) in [6.07, 6.45) is 0. The molecule has 0 bridgehead atoms. The van der Waals surface area contributed by atoms with Crippen molar-refractivity contribution in [2.24, 2.45) is 0 Å². The smallest absolute Gasteiger partial charge is 0.387 e. The molecule has 1 aromatic rings. The molecule has 0 saturated carbocycles. The van der Waals surface area contributed by atoms with Crippen LogP contribution in [0.3, 0.4) is 0 Å². The van der Waals surface area contributed by atoms with Gasteiger partial charge in [0.2, 0.25) is 5.75 Å². The number of rotatable bonds is 2. The molecule has 1 N–H and O–H groups in total. The number of nitro benzene ring substituents is 2. The van der Waals surface area contributed by atoms with Crippen LogP contribution in [-0.4, -0.2) is 42.3 Å². The second-order valence-corrected chi connectivity index (χ2v) is 2.16. The Balaban J connectivity index is 0.00000169. The van der Waals surface area contributed by atoms with Crippen molar-refractivity contribution in [1.82, 2.24) is 0 Å². The van der Waals surface area contributed by atoms with Crippen molar-refractivity contribution in [3.05, 3.63) is 38.4 Å². The van der Waals surface area contributed by atoms with Crippen LogP contribution >= 0.6 is 0 Å². The summed E-state index contributed by atoms with van der Waals surface area (Å²) in [5, 5.41) is 29.5. The van der Waals surface area contributed by atoms with Gasteiger partial charge < -0.3 is 5.11 Å². The minimum atomic E-state index is -0.993. The fraction of sp³-hybridized carbons (Fsp3) is 0. The number of para-hydroxylation sites is 1. The maximum Gasteiger partial charge on any atom is 0.387 e. The molecule has 14 heavy (non-hydrogen) atoms. The largest absolute Gasteiger partial charge is 0.502 e. The molecule has 0 fully saturated rings. The van der Waals surface area contributed by atoms with Crippen LogP contribution in [-0.2, 0) is 0 Å². The number of nitrogens with zero attached hydrogens (tertiary/aromatic N) is 2. The first-order chi connectivity index (χ1) is 6.04. The third-order valence-corrected chi connectivity index (χ3v) is 1.37. The number of phenols is 1. The third-order valence-electron chi connectivity index (χ3n) is 1.37. The van der Waals surface area contributed by atoms with Gasteiger partial charge in [-0.3, -0.25) is 20.2 Å². The SMILES string of the molecule is O=[N+]([O-])c1cccc(O)c1[N+](=O)[O-].[Pb]. The van der Waals surface area contributed by atoms with Crippen LogP contribution in [0, 0.1) is 20.2 Å². The average molecular weight is 391 g/mol. The maximum atomic E-state index is 10.3. The fourth-order valence-corrected chi connectivity index (χ4v) is 0.854. The number of benzene rings is 1. The zero-order valence-corrected chi connectivity index (χ0v) is 10.6. The number of aromatic hydroxyl groups is 1. The van der Waals surface area contributed by atoms with Gasteiger partial charge in [-0.2, -0.15) is 0 Å². The molecule has 1 aromatic carbocycles. The molecular formula is C6H4N2O5Pb. The van der Waals surface area contributed by atoms with Crippen LogP contribution in [0.1, 0.15) is 0 Å². The van der Waals surface area contributed by atoms with Gasteiger partial charge in [-0.1, -0.05) is 6.07 Å². The summed E-state index contributed by atoms with van der Waals surface area (Å²) in [6.45, 7) is 0. The molecule has 0 aromatic heterocycles. The van der Waals surface area contributed by atoms with Crippen molar-refractivity contribution in [2.45, 2.75) is 0 Å². The Hall–Kier alpha value is -1.26. The van der Waals surface area contributed by atoms with Gasteiger partial charge in [-0.05, 0) is 6.07 Å². The zero-order chi connectivity index (χ0) is 10.0. The first kappa shape index (κ1) is 12.7. The molecule has 0 atom stereocenters. The molecule has 0 spiro atoms. The van der Waals surface area contributed by atoms with E-state index in [2.05, 4.69) is 0 Å². The van der Waals surface area contributed by atoms with E-state index in [0.29, 0.717) is 0 Å². The van der Waals surface area contributed by atoms with E-state index in [1.165, 1.54) is 6.07 Å². The summed E-state index contributed by atoms with van der Waals surface area (Å²) in [4.78, 5) is 18.6. The van der Waals surface area contributed by atoms with E-state index in [9.17, 15) is 20.2 Å². The van der Waals surface area contributed by atoms with Gasteiger partial charge >= 0.3 is 11.4 Å². The summed E-state index contributed by atoms with van der Waals surface area (Å²) in [5.74, 6) is -0.709. The van der Waals surface area contributed by atoms with Gasteiger partial charge in [0.1, 0.15) is 0 Å². The van der Waals surface area contributed by atoms with Gasteiger partial charge in [-0.15, -0.1) is 0 Å². The van der Waals surface area contributed by atoms with E-state index in [0.717, 1.165) is 12.1 Å². The van der Waals surface area contributed by atoms with Crippen molar-refractivity contribution in [3.8, 4) is 5.75 Å². The molecule has 72 valence electrons. The summed E-state index contributed by atoms with van der Waals surface area (Å²) < 4.78 is 0. The average Bonchev–Trinajstić information content (AvgIpc) is 2.02. The van der Waals surface area contributed by atoms with E-state index < -0.39 is 27.0 Å². The standard InChI is InChI=1S/C6H4N2O5.Pb/c9-5-3-1-2-4(7(10)11)6(5)8(12)13;/h1-3,9H;. The minimum absolute atomic E-state index is 0. The Morgan fingerprint density at radius 2 is 1.71 bits per heavy atom. The molecule has 0 aliphatic carbocycles. The van der Waals surface area contributed by atoms with Crippen molar-refractivity contribution < 1.29 is 15.0 Å². The molecule has 0 unspecified atom stereocenters. The van der Waals surface area contributed by atoms with E-state index in [1.54, 1.807) is 0 Å². The van der Waals surface area contributed by atoms with Crippen LogP contribution in [0.5, 0.6) is 5.75 Å². The predicted molar refractivity (Wildman–Crippen MR) is 47.2 cm³/mol. The quantitative estimate of drug-likeness (QED) is 0.457. The van der Waals surface area contributed by atoms with Crippen molar-refractivity contribution in [3.63, 3.8) is 0 Å². The number of hydrogen-bond acceptors (Lipinski definition) is 5. The van der Waals surface area contributed by atoms with Gasteiger partial charge in [0.15, 0.2) is 0 Å². The normalized spacial score (nSPS) is 8.86. The molecule has 1 rings (SSSR count). The minimum Gasteiger partial charge on any atom is -0.502 e. The Morgan fingerprint density at radius 3 is 2.07 bits per heavy atom. The fourth-order valence-electron chi connectivity index (χ4n) is 0.854. The van der Waals surface area contributed by atoms with Gasteiger partial charge in [-0.25, -0.2) is 0 Å². The van der Waals surface area contributed by atoms with Crippen LogP contribution in [0.15, 0.2) is 18.2 Å². The number of phenolic OH excluding ortho intramolecular Hbond substituents is 1. The van der Waals surface area contributed by atoms with E-state index >= 15 is 0 Å². The van der Waals surface area contributed by atoms with Gasteiger partial charge in [0.25, 0.3) is 0 Å². The second kappa shape index (κ2) is 4.83. The Morgan fingerprint density at radius 1 is 1.14 bits per heavy atom. The monoisotopic (exact) mass is 392 g/mol. The van der Waals surface area contributed by atoms with Crippen molar-refractivity contribution in [1.29, 1.82) is 0 Å². The van der Waals surface area contributed by atoms with Crippen LogP contribution < -0.4 is 0 Å². The van der Waals surface area contributed by atoms with Gasteiger partial charge in [0, 0.05) is 33.4 Å². The number of nitro groups is 2. The van der Waals surface area contributed by atoms with Crippen LogP contribution in [0.25, 0.3) is 0 Å². The Kier molecular flexibility index (Phi) is 4.40. The van der Waals surface area contributed by atoms with E-state index in [-0.39, 0.29) is 27.3 Å². The van der Waals surface area contributed by atoms with E-state index in [1.807, 2.05) is 0 Å². The molecular weight excluding hydrogens is 387 g/mol. The molecule has 4 radical (unpaired) electrons. The summed E-state index contributed by atoms with van der Waals surface area (Å²) in [6, 6.07) is 3.14. The summed E-state index contributed by atoms with van der Waals surface area (Å²) >= 11 is 0. The Bertz CT molecular complexity index is 380. The van der Waals surface area contributed by atoms with Crippen LogP contribution in [0.2, 0.25) is 0 Å². The molecule has 0 amide bonds. The zero-order valence-electron chi connectivity index (χ0n) is 6.71. The molecule has 8 heteroatoms. The van der Waals surface area contributed by atoms with Crippen molar-refractivity contribution in [2.75, 3.05) is 0 Å². The summed E-state index contributed by atoms with van der Waals surface area (Å²) in [7, 11) is 0. The second-order valence-electron chi connectivity index (χ2n) is 2.16. The van der Waals surface area contributed by atoms with E-state index in [4.69, 9.17) is 5.11 Å². The molecule has 0 heterocycles. The van der Waals surface area contributed by atoms with Gasteiger partial charge in [0.05, 0.1) is 9.85 Å². The maximum absolute atomic E-state index is 10.3. The predicted octanol–water partition coefficient (Wildman–Crippen LogP) is 0.828. The topological polar surface area (TPSA) is 107 Å². The first-order valence-corrected chi connectivity index (χ1v) is 3.15. The molecule has 0 aliphatic rings. The van der Waals surface area contributed by atoms with Crippen LogP contribution in [0.4, 0.5) is 11.4 Å². The first-order valence-electron chi connectivity index (χ1n) is 3.15. The van der Waals surface area contributed by atoms with Crippen molar-refractivity contribution >= 4 is 38.7 Å². The summed E-state index contributed by atoms with van der Waals surface area (Å²) in [5.41, 5.74) is -1.60. The molecule has 0 saturated heterocycles. The number of hydrogen-bond donors (Lipinski definition) is 1.